The van der Waals surface area contributed by atoms with Crippen molar-refractivity contribution in [3.63, 3.8) is 0 Å². The molecular weight excluding hydrogens is 318 g/mol. The first-order valence-corrected chi connectivity index (χ1v) is 9.56. The third kappa shape index (κ3) is 4.42. The van der Waals surface area contributed by atoms with E-state index in [9.17, 15) is 4.79 Å². The number of aromatic nitrogens is 1. The summed E-state index contributed by atoms with van der Waals surface area (Å²) >= 11 is 1.70. The van der Waals surface area contributed by atoms with Gasteiger partial charge in [0.05, 0.1) is 17.2 Å². The summed E-state index contributed by atoms with van der Waals surface area (Å²) in [5.74, 6) is 0.185. The van der Waals surface area contributed by atoms with Crippen LogP contribution < -0.4 is 5.32 Å². The average molecular weight is 343 g/mol. The molecule has 24 heavy (non-hydrogen) atoms. The molecule has 4 nitrogen and oxygen atoms in total. The normalized spacial score (nSPS) is 18.0. The average Bonchev–Trinajstić information content (AvgIpc) is 3.21. The van der Waals surface area contributed by atoms with Crippen LogP contribution in [-0.2, 0) is 17.8 Å². The molecule has 1 aromatic carbocycles. The standard InChI is InChI=1S/C19H25N3OS/c1-15-18(24-14-21-15)10-5-11-20-19(23)17-9-6-12-22(17)13-16-7-3-2-4-8-16/h2-4,7-8,14,17H,5-6,9-13H2,1H3,(H,20,23)/t17-/m0/s1. The second-order valence-corrected chi connectivity index (χ2v) is 7.31. The van der Waals surface area contributed by atoms with E-state index in [0.717, 1.165) is 51.0 Å². The molecule has 1 atom stereocenters. The van der Waals surface area contributed by atoms with Gasteiger partial charge in [0, 0.05) is 18.0 Å². The van der Waals surface area contributed by atoms with Crippen LogP contribution in [0, 0.1) is 6.92 Å². The fourth-order valence-corrected chi connectivity index (χ4v) is 4.10. The fourth-order valence-electron chi connectivity index (χ4n) is 3.27. The molecule has 2 heterocycles. The predicted octanol–water partition coefficient (Wildman–Crippen LogP) is 3.16. The van der Waals surface area contributed by atoms with Crippen LogP contribution in [0.2, 0.25) is 0 Å². The summed E-state index contributed by atoms with van der Waals surface area (Å²) in [5, 5.41) is 3.13. The van der Waals surface area contributed by atoms with Crippen LogP contribution in [0.5, 0.6) is 0 Å². The number of aryl methyl sites for hydroxylation is 2. The van der Waals surface area contributed by atoms with Gasteiger partial charge in [0.25, 0.3) is 0 Å². The summed E-state index contributed by atoms with van der Waals surface area (Å²) in [6.45, 7) is 4.66. The minimum atomic E-state index is 0.0235. The largest absolute Gasteiger partial charge is 0.355 e. The zero-order chi connectivity index (χ0) is 16.8. The lowest BCUT2D eigenvalue weighted by molar-refractivity contribution is -0.125. The molecular formula is C19H25N3OS. The van der Waals surface area contributed by atoms with Gasteiger partial charge in [-0.3, -0.25) is 9.69 Å². The van der Waals surface area contributed by atoms with Crippen molar-refractivity contribution in [3.05, 3.63) is 52.0 Å². The second kappa shape index (κ2) is 8.40. The van der Waals surface area contributed by atoms with E-state index in [0.29, 0.717) is 0 Å². The molecule has 0 aliphatic carbocycles. The number of hydrogen-bond donors (Lipinski definition) is 1. The Morgan fingerprint density at radius 2 is 2.21 bits per heavy atom. The zero-order valence-electron chi connectivity index (χ0n) is 14.2. The molecule has 128 valence electrons. The van der Waals surface area contributed by atoms with Crippen molar-refractivity contribution in [1.82, 2.24) is 15.2 Å². The molecule has 1 aliphatic heterocycles. The number of likely N-dealkylation sites (tertiary alicyclic amines) is 1. The Morgan fingerprint density at radius 1 is 1.38 bits per heavy atom. The van der Waals surface area contributed by atoms with Crippen LogP contribution in [0.1, 0.15) is 35.4 Å². The van der Waals surface area contributed by atoms with Gasteiger partial charge in [-0.1, -0.05) is 30.3 Å². The molecule has 5 heteroatoms. The van der Waals surface area contributed by atoms with Crippen LogP contribution in [0.3, 0.4) is 0 Å². The third-order valence-corrected chi connectivity index (χ3v) is 5.61. The topological polar surface area (TPSA) is 45.2 Å². The van der Waals surface area contributed by atoms with Crippen molar-refractivity contribution >= 4 is 17.2 Å². The summed E-state index contributed by atoms with van der Waals surface area (Å²) < 4.78 is 0. The van der Waals surface area contributed by atoms with Crippen LogP contribution in [0.25, 0.3) is 0 Å². The molecule has 0 unspecified atom stereocenters. The Kier molecular flexibility index (Phi) is 5.99. The van der Waals surface area contributed by atoms with E-state index in [1.165, 1.54) is 10.4 Å². The highest BCUT2D eigenvalue weighted by Crippen LogP contribution is 2.20. The number of nitrogens with zero attached hydrogens (tertiary/aromatic N) is 2. The SMILES string of the molecule is Cc1ncsc1CCCNC(=O)[C@@H]1CCCN1Cc1ccccc1. The number of nitrogens with one attached hydrogen (secondary N) is 1. The molecule has 0 saturated carbocycles. The summed E-state index contributed by atoms with van der Waals surface area (Å²) in [6, 6.07) is 10.4. The molecule has 2 aromatic rings. The Bertz CT molecular complexity index is 656. The van der Waals surface area contributed by atoms with E-state index in [1.807, 2.05) is 18.5 Å². The lowest BCUT2D eigenvalue weighted by atomic mass is 10.1. The van der Waals surface area contributed by atoms with Gasteiger partial charge in [-0.2, -0.15) is 0 Å². The molecule has 0 radical (unpaired) electrons. The summed E-state index contributed by atoms with van der Waals surface area (Å²) in [6.07, 6.45) is 4.03. The summed E-state index contributed by atoms with van der Waals surface area (Å²) in [4.78, 5) is 20.4. The van der Waals surface area contributed by atoms with Gasteiger partial charge in [0.2, 0.25) is 5.91 Å². The minimum Gasteiger partial charge on any atom is -0.355 e. The van der Waals surface area contributed by atoms with Crippen molar-refractivity contribution in [3.8, 4) is 0 Å². The van der Waals surface area contributed by atoms with E-state index >= 15 is 0 Å². The van der Waals surface area contributed by atoms with Gasteiger partial charge >= 0.3 is 0 Å². The lowest BCUT2D eigenvalue weighted by Gasteiger charge is -2.23. The van der Waals surface area contributed by atoms with Gasteiger partial charge < -0.3 is 5.32 Å². The van der Waals surface area contributed by atoms with Gasteiger partial charge in [-0.05, 0) is 44.7 Å². The maximum atomic E-state index is 12.5. The number of hydrogen-bond acceptors (Lipinski definition) is 4. The molecule has 1 N–H and O–H groups in total. The number of rotatable bonds is 7. The smallest absolute Gasteiger partial charge is 0.237 e. The highest BCUT2D eigenvalue weighted by molar-refractivity contribution is 7.09. The lowest BCUT2D eigenvalue weighted by Crippen LogP contribution is -2.43. The Morgan fingerprint density at radius 3 is 2.96 bits per heavy atom. The quantitative estimate of drug-likeness (QED) is 0.786. The van der Waals surface area contributed by atoms with E-state index < -0.39 is 0 Å². The van der Waals surface area contributed by atoms with Crippen LogP contribution in [0.4, 0.5) is 0 Å². The Hall–Kier alpha value is -1.72. The number of thiazole rings is 1. The highest BCUT2D eigenvalue weighted by Gasteiger charge is 2.30. The number of carbonyl (C=O) groups is 1. The van der Waals surface area contributed by atoms with E-state index in [-0.39, 0.29) is 11.9 Å². The summed E-state index contributed by atoms with van der Waals surface area (Å²) in [5.41, 5.74) is 4.29. The monoisotopic (exact) mass is 343 g/mol. The number of carbonyl (C=O) groups excluding carboxylic acids is 1. The van der Waals surface area contributed by atoms with Crippen LogP contribution in [-0.4, -0.2) is 34.9 Å². The first-order valence-electron chi connectivity index (χ1n) is 8.68. The Balaban J connectivity index is 1.44. The first kappa shape index (κ1) is 17.1. The van der Waals surface area contributed by atoms with E-state index in [2.05, 4.69) is 39.5 Å². The maximum Gasteiger partial charge on any atom is 0.237 e. The molecule has 1 fully saturated rings. The third-order valence-electron chi connectivity index (χ3n) is 4.62. The van der Waals surface area contributed by atoms with Gasteiger partial charge in [-0.15, -0.1) is 11.3 Å². The van der Waals surface area contributed by atoms with Crippen LogP contribution >= 0.6 is 11.3 Å². The van der Waals surface area contributed by atoms with Crippen molar-refractivity contribution < 1.29 is 4.79 Å². The van der Waals surface area contributed by atoms with Crippen molar-refractivity contribution in [1.29, 1.82) is 0 Å². The van der Waals surface area contributed by atoms with Crippen molar-refractivity contribution in [2.75, 3.05) is 13.1 Å². The van der Waals surface area contributed by atoms with Gasteiger partial charge in [0.1, 0.15) is 0 Å². The summed E-state index contributed by atoms with van der Waals surface area (Å²) in [7, 11) is 0. The first-order chi connectivity index (χ1) is 11.7. The second-order valence-electron chi connectivity index (χ2n) is 6.37. The van der Waals surface area contributed by atoms with Gasteiger partial charge in [0.15, 0.2) is 0 Å². The number of benzene rings is 1. The molecule has 0 bridgehead atoms. The molecule has 1 aromatic heterocycles. The predicted molar refractivity (Wildman–Crippen MR) is 98.1 cm³/mol. The molecule has 1 amide bonds. The van der Waals surface area contributed by atoms with Gasteiger partial charge in [-0.25, -0.2) is 4.98 Å². The van der Waals surface area contributed by atoms with E-state index in [4.69, 9.17) is 0 Å². The maximum absolute atomic E-state index is 12.5. The highest BCUT2D eigenvalue weighted by atomic mass is 32.1. The van der Waals surface area contributed by atoms with E-state index in [1.54, 1.807) is 11.3 Å². The zero-order valence-corrected chi connectivity index (χ0v) is 15.0. The molecule has 3 rings (SSSR count). The Labute approximate surface area is 147 Å². The molecule has 1 aliphatic rings. The number of amides is 1. The molecule has 0 spiro atoms. The van der Waals surface area contributed by atoms with Crippen molar-refractivity contribution in [2.45, 2.75) is 45.2 Å². The fraction of sp³-hybridized carbons (Fsp3) is 0.474. The molecule has 1 saturated heterocycles. The van der Waals surface area contributed by atoms with Crippen LogP contribution in [0.15, 0.2) is 35.8 Å². The van der Waals surface area contributed by atoms with Crippen molar-refractivity contribution in [2.24, 2.45) is 0 Å². The minimum absolute atomic E-state index is 0.0235.